The van der Waals surface area contributed by atoms with Crippen LogP contribution in [0.2, 0.25) is 0 Å². The highest BCUT2D eigenvalue weighted by atomic mass is 79.9. The molecule has 0 aliphatic heterocycles. The summed E-state index contributed by atoms with van der Waals surface area (Å²) in [6, 6.07) is 3.77. The van der Waals surface area contributed by atoms with Crippen molar-refractivity contribution >= 4 is 32.7 Å². The second-order valence-corrected chi connectivity index (χ2v) is 4.53. The number of hydrogen-bond donors (Lipinski definition) is 2. The van der Waals surface area contributed by atoms with Gasteiger partial charge < -0.3 is 10.4 Å². The molecule has 84 valence electrons. The first kappa shape index (κ1) is 11.3. The molecular formula is C11H12BrN3O. The molecule has 0 saturated heterocycles. The second-order valence-electron chi connectivity index (χ2n) is 3.61. The summed E-state index contributed by atoms with van der Waals surface area (Å²) in [4.78, 5) is 8.54. The van der Waals surface area contributed by atoms with E-state index in [-0.39, 0.29) is 0 Å². The van der Waals surface area contributed by atoms with Gasteiger partial charge in [0.1, 0.15) is 5.52 Å². The summed E-state index contributed by atoms with van der Waals surface area (Å²) in [5, 5.41) is 12.4. The molecule has 2 aromatic rings. The molecule has 0 aliphatic rings. The maximum absolute atomic E-state index is 9.22. The van der Waals surface area contributed by atoms with Crippen LogP contribution in [0.4, 0.5) is 5.69 Å². The van der Waals surface area contributed by atoms with Crippen LogP contribution >= 0.6 is 15.9 Å². The largest absolute Gasteiger partial charge is 0.392 e. The van der Waals surface area contributed by atoms with Gasteiger partial charge in [0.05, 0.1) is 17.3 Å². The Hall–Kier alpha value is -1.20. The fraction of sp³-hybridized carbons (Fsp3) is 0.273. The molecule has 2 aromatic heterocycles. The Morgan fingerprint density at radius 3 is 3.06 bits per heavy atom. The number of hydrogen-bond acceptors (Lipinski definition) is 4. The van der Waals surface area contributed by atoms with Crippen molar-refractivity contribution in [2.75, 3.05) is 11.9 Å². The number of aliphatic hydroxyl groups is 1. The average Bonchev–Trinajstić information content (AvgIpc) is 2.25. The fourth-order valence-electron chi connectivity index (χ4n) is 1.41. The molecule has 0 saturated carbocycles. The zero-order valence-corrected chi connectivity index (χ0v) is 10.4. The highest BCUT2D eigenvalue weighted by molar-refractivity contribution is 9.10. The van der Waals surface area contributed by atoms with E-state index in [1.54, 1.807) is 19.3 Å². The minimum atomic E-state index is -0.390. The van der Waals surface area contributed by atoms with Crippen molar-refractivity contribution < 1.29 is 5.11 Å². The molecule has 0 aromatic carbocycles. The fourth-order valence-corrected chi connectivity index (χ4v) is 1.73. The molecule has 0 aliphatic carbocycles. The van der Waals surface area contributed by atoms with Gasteiger partial charge >= 0.3 is 0 Å². The Kier molecular flexibility index (Phi) is 3.36. The molecule has 4 nitrogen and oxygen atoms in total. The average molecular weight is 282 g/mol. The molecule has 0 fully saturated rings. The van der Waals surface area contributed by atoms with E-state index in [1.807, 2.05) is 12.1 Å². The van der Waals surface area contributed by atoms with Crippen molar-refractivity contribution in [1.82, 2.24) is 9.97 Å². The van der Waals surface area contributed by atoms with E-state index < -0.39 is 6.10 Å². The molecule has 1 atom stereocenters. The Labute approximate surface area is 102 Å². The number of aliphatic hydroxyl groups excluding tert-OH is 1. The predicted octanol–water partition coefficient (Wildman–Crippen LogP) is 2.18. The minimum Gasteiger partial charge on any atom is -0.392 e. The number of nitrogens with one attached hydrogen (secondary N) is 1. The molecule has 0 amide bonds. The van der Waals surface area contributed by atoms with Gasteiger partial charge in [0, 0.05) is 23.4 Å². The number of aromatic nitrogens is 2. The van der Waals surface area contributed by atoms with E-state index >= 15 is 0 Å². The van der Waals surface area contributed by atoms with E-state index in [4.69, 9.17) is 0 Å². The number of rotatable bonds is 3. The minimum absolute atomic E-state index is 0.390. The number of halogens is 1. The van der Waals surface area contributed by atoms with Crippen LogP contribution in [0, 0.1) is 0 Å². The van der Waals surface area contributed by atoms with Crippen LogP contribution in [0.5, 0.6) is 0 Å². The Balaban J connectivity index is 2.38. The lowest BCUT2D eigenvalue weighted by atomic mass is 10.2. The highest BCUT2D eigenvalue weighted by Gasteiger charge is 2.04. The predicted molar refractivity (Wildman–Crippen MR) is 67.4 cm³/mol. The SMILES string of the molecule is C[C@@H](O)CNc1ccnc2cc(Br)cnc12. The summed E-state index contributed by atoms with van der Waals surface area (Å²) in [5.41, 5.74) is 2.52. The van der Waals surface area contributed by atoms with Crippen molar-refractivity contribution in [2.45, 2.75) is 13.0 Å². The smallest absolute Gasteiger partial charge is 0.112 e. The summed E-state index contributed by atoms with van der Waals surface area (Å²) in [6.45, 7) is 2.23. The first-order chi connectivity index (χ1) is 7.66. The van der Waals surface area contributed by atoms with Crippen molar-refractivity contribution in [3.8, 4) is 0 Å². The van der Waals surface area contributed by atoms with Crippen LogP contribution in [-0.2, 0) is 0 Å². The van der Waals surface area contributed by atoms with Crippen molar-refractivity contribution in [3.63, 3.8) is 0 Å². The van der Waals surface area contributed by atoms with Gasteiger partial charge in [-0.25, -0.2) is 0 Å². The first-order valence-corrected chi connectivity index (χ1v) is 5.78. The summed E-state index contributed by atoms with van der Waals surface area (Å²) >= 11 is 3.36. The van der Waals surface area contributed by atoms with E-state index in [0.29, 0.717) is 6.54 Å². The Bertz CT molecular complexity index is 502. The third kappa shape index (κ3) is 2.48. The van der Waals surface area contributed by atoms with E-state index in [2.05, 4.69) is 31.2 Å². The molecular weight excluding hydrogens is 270 g/mol. The number of anilines is 1. The van der Waals surface area contributed by atoms with Gasteiger partial charge in [0.25, 0.3) is 0 Å². The molecule has 5 heteroatoms. The lowest BCUT2D eigenvalue weighted by Gasteiger charge is -2.10. The molecule has 16 heavy (non-hydrogen) atoms. The molecule has 0 radical (unpaired) electrons. The van der Waals surface area contributed by atoms with Crippen molar-refractivity contribution in [1.29, 1.82) is 0 Å². The standard InChI is InChI=1S/C11H12BrN3O/c1-7(16)5-14-9-2-3-13-10-4-8(12)6-15-11(9)10/h2-4,6-7,16H,5H2,1H3,(H,13,14)/t7-/m1/s1. The van der Waals surface area contributed by atoms with Crippen LogP contribution in [-0.4, -0.2) is 27.7 Å². The van der Waals surface area contributed by atoms with Crippen LogP contribution in [0.25, 0.3) is 11.0 Å². The van der Waals surface area contributed by atoms with Crippen molar-refractivity contribution in [3.05, 3.63) is 29.0 Å². The van der Waals surface area contributed by atoms with Crippen molar-refractivity contribution in [2.24, 2.45) is 0 Å². The van der Waals surface area contributed by atoms with Gasteiger partial charge in [-0.2, -0.15) is 0 Å². The zero-order valence-electron chi connectivity index (χ0n) is 8.81. The molecule has 0 spiro atoms. The molecule has 0 unspecified atom stereocenters. The van der Waals surface area contributed by atoms with Crippen LogP contribution in [0.15, 0.2) is 29.0 Å². The van der Waals surface area contributed by atoms with Gasteiger partial charge in [-0.1, -0.05) is 0 Å². The zero-order chi connectivity index (χ0) is 11.5. The second kappa shape index (κ2) is 4.76. The lowest BCUT2D eigenvalue weighted by Crippen LogP contribution is -2.15. The summed E-state index contributed by atoms with van der Waals surface area (Å²) in [6.07, 6.45) is 3.07. The number of fused-ring (bicyclic) bond motifs is 1. The third-order valence-corrected chi connectivity index (χ3v) is 2.57. The van der Waals surface area contributed by atoms with E-state index in [1.165, 1.54) is 0 Å². The van der Waals surface area contributed by atoms with E-state index in [9.17, 15) is 5.11 Å². The van der Waals surface area contributed by atoms with Crippen LogP contribution in [0.1, 0.15) is 6.92 Å². The van der Waals surface area contributed by atoms with Gasteiger partial charge in [-0.05, 0) is 35.0 Å². The third-order valence-electron chi connectivity index (χ3n) is 2.13. The highest BCUT2D eigenvalue weighted by Crippen LogP contribution is 2.21. The monoisotopic (exact) mass is 281 g/mol. The first-order valence-electron chi connectivity index (χ1n) is 4.99. The Morgan fingerprint density at radius 2 is 2.31 bits per heavy atom. The molecule has 2 heterocycles. The normalized spacial score (nSPS) is 12.7. The Morgan fingerprint density at radius 1 is 1.50 bits per heavy atom. The van der Waals surface area contributed by atoms with Gasteiger partial charge in [-0.15, -0.1) is 0 Å². The molecule has 2 N–H and O–H groups in total. The van der Waals surface area contributed by atoms with Gasteiger partial charge in [0.15, 0.2) is 0 Å². The summed E-state index contributed by atoms with van der Waals surface area (Å²) in [5.74, 6) is 0. The number of nitrogens with zero attached hydrogens (tertiary/aromatic N) is 2. The van der Waals surface area contributed by atoms with Gasteiger partial charge in [-0.3, -0.25) is 9.97 Å². The van der Waals surface area contributed by atoms with Crippen LogP contribution in [0.3, 0.4) is 0 Å². The van der Waals surface area contributed by atoms with Crippen LogP contribution < -0.4 is 5.32 Å². The van der Waals surface area contributed by atoms with E-state index in [0.717, 1.165) is 21.2 Å². The number of pyridine rings is 2. The maximum atomic E-state index is 9.22. The molecule has 0 bridgehead atoms. The lowest BCUT2D eigenvalue weighted by molar-refractivity contribution is 0.208. The van der Waals surface area contributed by atoms with Gasteiger partial charge in [0.2, 0.25) is 0 Å². The molecule has 2 rings (SSSR count). The topological polar surface area (TPSA) is 58.0 Å². The summed E-state index contributed by atoms with van der Waals surface area (Å²) < 4.78 is 0.903. The summed E-state index contributed by atoms with van der Waals surface area (Å²) in [7, 11) is 0. The quantitative estimate of drug-likeness (QED) is 0.906. The maximum Gasteiger partial charge on any atom is 0.112 e.